The highest BCUT2D eigenvalue weighted by molar-refractivity contribution is 6.01. The number of fused-ring (bicyclic) bond motifs is 5. The van der Waals surface area contributed by atoms with Crippen LogP contribution in [0.15, 0.2) is 29.0 Å². The molecule has 3 fully saturated rings. The van der Waals surface area contributed by atoms with Gasteiger partial charge in [-0.2, -0.15) is 4.91 Å². The average molecular weight is 387 g/mol. The van der Waals surface area contributed by atoms with Crippen molar-refractivity contribution in [3.63, 3.8) is 0 Å². The summed E-state index contributed by atoms with van der Waals surface area (Å²) in [6, 6.07) is 0. The van der Waals surface area contributed by atoms with Gasteiger partial charge in [0.2, 0.25) is 0 Å². The minimum atomic E-state index is -1.14. The number of nitrogens with zero attached hydrogens (tertiary/aromatic N) is 1. The summed E-state index contributed by atoms with van der Waals surface area (Å²) >= 11 is 0. The highest BCUT2D eigenvalue weighted by Gasteiger charge is 2.65. The van der Waals surface area contributed by atoms with E-state index in [1.165, 1.54) is 0 Å². The van der Waals surface area contributed by atoms with Crippen LogP contribution in [0.3, 0.4) is 0 Å². The summed E-state index contributed by atoms with van der Waals surface area (Å²) in [5.74, 6) is -1.11. The summed E-state index contributed by atoms with van der Waals surface area (Å²) in [6.45, 7) is 1.92. The molecule has 0 aromatic carbocycles. The van der Waals surface area contributed by atoms with E-state index >= 15 is 0 Å². The Morgan fingerprint density at radius 1 is 1.39 bits per heavy atom. The molecule has 0 aromatic heterocycles. The first kappa shape index (κ1) is 19.2. The Morgan fingerprint density at radius 2 is 2.18 bits per heavy atom. The summed E-state index contributed by atoms with van der Waals surface area (Å²) in [7, 11) is 0. The van der Waals surface area contributed by atoms with Gasteiger partial charge in [-0.1, -0.05) is 23.7 Å². The highest BCUT2D eigenvalue weighted by Crippen LogP contribution is 2.64. The van der Waals surface area contributed by atoms with Gasteiger partial charge in [-0.05, 0) is 49.7 Å². The molecular formula is C21H25NO6. The standard InChI is InChI=1S/C21H25NO6/c1-20-7-6-13(24)8-12(20)2-3-14-15-4-5-16(18(26)10-28-11-23)21(15,22-27)9-17(25)19(14)20/h6-8,11,14-17,19,25H,2-5,9-10H2,1H3. The summed E-state index contributed by atoms with van der Waals surface area (Å²) in [5.41, 5.74) is -0.527. The van der Waals surface area contributed by atoms with Crippen LogP contribution in [-0.4, -0.2) is 41.4 Å². The van der Waals surface area contributed by atoms with Gasteiger partial charge < -0.3 is 9.84 Å². The van der Waals surface area contributed by atoms with Crippen LogP contribution in [0.5, 0.6) is 0 Å². The molecule has 28 heavy (non-hydrogen) atoms. The summed E-state index contributed by atoms with van der Waals surface area (Å²) < 4.78 is 4.62. The lowest BCUT2D eigenvalue weighted by molar-refractivity contribution is -0.141. The molecule has 0 amide bonds. The van der Waals surface area contributed by atoms with Crippen LogP contribution in [0, 0.1) is 34.0 Å². The van der Waals surface area contributed by atoms with Crippen molar-refractivity contribution < 1.29 is 24.2 Å². The van der Waals surface area contributed by atoms with E-state index in [-0.39, 0.29) is 48.8 Å². The first-order chi connectivity index (χ1) is 13.4. The van der Waals surface area contributed by atoms with Crippen LogP contribution < -0.4 is 0 Å². The Kier molecular flexibility index (Phi) is 4.61. The maximum absolute atomic E-state index is 12.6. The van der Waals surface area contributed by atoms with E-state index in [2.05, 4.69) is 16.8 Å². The molecule has 7 heteroatoms. The zero-order chi connectivity index (χ0) is 20.1. The highest BCUT2D eigenvalue weighted by atomic mass is 16.5. The number of hydrogen-bond donors (Lipinski definition) is 1. The van der Waals surface area contributed by atoms with Crippen molar-refractivity contribution in [3.05, 3.63) is 28.7 Å². The number of ether oxygens (including phenoxy) is 1. The second kappa shape index (κ2) is 6.72. The van der Waals surface area contributed by atoms with Crippen LogP contribution in [0.4, 0.5) is 0 Å². The lowest BCUT2D eigenvalue weighted by atomic mass is 9.48. The number of nitroso groups, excluding NO2 is 1. The van der Waals surface area contributed by atoms with Crippen LogP contribution in [-0.2, 0) is 19.1 Å². The number of aliphatic hydroxyl groups excluding tert-OH is 1. The zero-order valence-electron chi connectivity index (χ0n) is 15.9. The molecular weight excluding hydrogens is 362 g/mol. The fourth-order valence-electron chi connectivity index (χ4n) is 6.76. The van der Waals surface area contributed by atoms with Crippen molar-refractivity contribution in [3.8, 4) is 0 Å². The van der Waals surface area contributed by atoms with E-state index in [0.29, 0.717) is 12.8 Å². The summed E-state index contributed by atoms with van der Waals surface area (Å²) in [5, 5.41) is 14.6. The molecule has 4 aliphatic carbocycles. The van der Waals surface area contributed by atoms with Gasteiger partial charge in [-0.15, -0.1) is 0 Å². The van der Waals surface area contributed by atoms with Gasteiger partial charge in [0.15, 0.2) is 11.6 Å². The molecule has 0 saturated heterocycles. The molecule has 7 unspecified atom stereocenters. The van der Waals surface area contributed by atoms with Crippen molar-refractivity contribution in [2.75, 3.05) is 6.61 Å². The maximum atomic E-state index is 12.6. The number of carbonyl (C=O) groups is 3. The van der Waals surface area contributed by atoms with Crippen LogP contribution >= 0.6 is 0 Å². The lowest BCUT2D eigenvalue weighted by Gasteiger charge is -2.57. The van der Waals surface area contributed by atoms with Crippen LogP contribution in [0.2, 0.25) is 0 Å². The van der Waals surface area contributed by atoms with Gasteiger partial charge >= 0.3 is 0 Å². The van der Waals surface area contributed by atoms with Crippen molar-refractivity contribution in [2.24, 2.45) is 34.3 Å². The van der Waals surface area contributed by atoms with E-state index in [9.17, 15) is 24.4 Å². The first-order valence-corrected chi connectivity index (χ1v) is 9.92. The third-order valence-electron chi connectivity index (χ3n) is 7.83. The zero-order valence-corrected chi connectivity index (χ0v) is 15.9. The van der Waals surface area contributed by atoms with E-state index in [0.717, 1.165) is 18.4 Å². The SMILES string of the molecule is CC12C=CC(=O)C=C1CCC1C2C(O)CC2(N=O)C(C(=O)COC=O)CCC12. The quantitative estimate of drug-likeness (QED) is 0.571. The van der Waals surface area contributed by atoms with Gasteiger partial charge in [-0.3, -0.25) is 14.4 Å². The normalized spacial score (nSPS) is 44.0. The molecule has 1 N–H and O–H groups in total. The van der Waals surface area contributed by atoms with E-state index in [1.807, 2.05) is 6.08 Å². The molecule has 0 aromatic rings. The first-order valence-electron chi connectivity index (χ1n) is 9.92. The number of aliphatic hydroxyl groups is 1. The topological polar surface area (TPSA) is 110 Å². The summed E-state index contributed by atoms with van der Waals surface area (Å²) in [6.07, 6.45) is 7.18. The molecule has 3 saturated carbocycles. The third-order valence-corrected chi connectivity index (χ3v) is 7.83. The number of Topliss-reactive ketones (excluding diaryl/α,β-unsaturated/α-hetero) is 1. The van der Waals surface area contributed by atoms with E-state index < -0.39 is 23.0 Å². The Hall–Kier alpha value is -2.15. The van der Waals surface area contributed by atoms with Crippen molar-refractivity contribution in [2.45, 2.75) is 50.7 Å². The molecule has 0 spiro atoms. The minimum Gasteiger partial charge on any atom is -0.460 e. The Balaban J connectivity index is 1.69. The van der Waals surface area contributed by atoms with Crippen LogP contribution in [0.25, 0.3) is 0 Å². The smallest absolute Gasteiger partial charge is 0.293 e. The average Bonchev–Trinajstić information content (AvgIpc) is 3.06. The number of carbonyl (C=O) groups excluding carboxylic acids is 3. The molecule has 0 bridgehead atoms. The molecule has 7 nitrogen and oxygen atoms in total. The molecule has 0 aliphatic heterocycles. The minimum absolute atomic E-state index is 0.0261. The van der Waals surface area contributed by atoms with Crippen molar-refractivity contribution in [1.82, 2.24) is 0 Å². The Labute approximate surface area is 163 Å². The molecule has 4 rings (SSSR count). The third kappa shape index (κ3) is 2.55. The summed E-state index contributed by atoms with van der Waals surface area (Å²) in [4.78, 5) is 47.0. The second-order valence-electron chi connectivity index (χ2n) is 8.88. The van der Waals surface area contributed by atoms with Gasteiger partial charge in [0.25, 0.3) is 6.47 Å². The van der Waals surface area contributed by atoms with Gasteiger partial charge in [-0.25, -0.2) is 0 Å². The molecule has 0 heterocycles. The number of allylic oxidation sites excluding steroid dienone is 4. The van der Waals surface area contributed by atoms with Crippen molar-refractivity contribution in [1.29, 1.82) is 0 Å². The largest absolute Gasteiger partial charge is 0.460 e. The Morgan fingerprint density at radius 3 is 2.89 bits per heavy atom. The fraction of sp³-hybridized carbons (Fsp3) is 0.667. The van der Waals surface area contributed by atoms with Gasteiger partial charge in [0.05, 0.1) is 12.0 Å². The monoisotopic (exact) mass is 387 g/mol. The molecule has 150 valence electrons. The second-order valence-corrected chi connectivity index (χ2v) is 8.88. The number of rotatable bonds is 5. The maximum Gasteiger partial charge on any atom is 0.293 e. The number of ketones is 2. The predicted octanol–water partition coefficient (Wildman–Crippen LogP) is 2.12. The van der Waals surface area contributed by atoms with Crippen molar-refractivity contribution >= 4 is 18.0 Å². The Bertz CT molecular complexity index is 788. The predicted molar refractivity (Wildman–Crippen MR) is 98.9 cm³/mol. The molecule has 4 aliphatic rings. The molecule has 7 atom stereocenters. The lowest BCUT2D eigenvalue weighted by Crippen LogP contribution is -2.59. The fourth-order valence-corrected chi connectivity index (χ4v) is 6.76. The van der Waals surface area contributed by atoms with Crippen LogP contribution in [0.1, 0.15) is 39.0 Å². The van der Waals surface area contributed by atoms with E-state index in [1.54, 1.807) is 12.2 Å². The van der Waals surface area contributed by atoms with Gasteiger partial charge in [0.1, 0.15) is 12.1 Å². The molecule has 0 radical (unpaired) electrons. The van der Waals surface area contributed by atoms with Gasteiger partial charge in [0, 0.05) is 17.8 Å². The van der Waals surface area contributed by atoms with E-state index in [4.69, 9.17) is 0 Å². The number of hydrogen-bond acceptors (Lipinski definition) is 7.